The van der Waals surface area contributed by atoms with Gasteiger partial charge < -0.3 is 10.1 Å². The first-order valence-electron chi connectivity index (χ1n) is 7.61. The van der Waals surface area contributed by atoms with Crippen LogP contribution >= 0.6 is 38.9 Å². The molecule has 0 aliphatic rings. The molecule has 0 aliphatic heterocycles. The Bertz CT molecular complexity index is 792. The van der Waals surface area contributed by atoms with Gasteiger partial charge in [0.15, 0.2) is 0 Å². The lowest BCUT2D eigenvalue weighted by Crippen LogP contribution is -2.51. The van der Waals surface area contributed by atoms with Crippen molar-refractivity contribution in [2.24, 2.45) is 0 Å². The van der Waals surface area contributed by atoms with E-state index in [9.17, 15) is 9.59 Å². The second-order valence-corrected chi connectivity index (χ2v) is 7.99. The molecule has 5 nitrogen and oxygen atoms in total. The number of carbonyl (C=O) groups is 2. The lowest BCUT2D eigenvalue weighted by Gasteiger charge is -2.23. The van der Waals surface area contributed by atoms with Gasteiger partial charge in [-0.1, -0.05) is 27.5 Å². The standard InChI is InChI=1S/C17H18BrClN2O3S/c1-4-24-16(23)17(2,3)21-14(22)8-11-9-25-15(20-11)12-6-5-10(19)7-13(12)18/h5-7,9H,4,8H2,1-3H3,(H,21,22). The third-order valence-electron chi connectivity index (χ3n) is 3.29. The first-order chi connectivity index (χ1) is 11.7. The van der Waals surface area contributed by atoms with Gasteiger partial charge in [-0.05, 0) is 39.0 Å². The van der Waals surface area contributed by atoms with E-state index < -0.39 is 11.5 Å². The molecule has 2 rings (SSSR count). The van der Waals surface area contributed by atoms with Gasteiger partial charge in [0, 0.05) is 20.4 Å². The van der Waals surface area contributed by atoms with Crippen LogP contribution in [0.4, 0.5) is 0 Å². The molecule has 1 aromatic heterocycles. The number of carbonyl (C=O) groups excluding carboxylic acids is 2. The molecule has 0 unspecified atom stereocenters. The fourth-order valence-corrected chi connectivity index (χ4v) is 3.95. The molecule has 0 spiro atoms. The largest absolute Gasteiger partial charge is 0.464 e. The van der Waals surface area contributed by atoms with Crippen molar-refractivity contribution >= 4 is 50.7 Å². The summed E-state index contributed by atoms with van der Waals surface area (Å²) in [6.07, 6.45) is 0.0878. The van der Waals surface area contributed by atoms with Crippen LogP contribution in [-0.4, -0.2) is 29.0 Å². The highest BCUT2D eigenvalue weighted by atomic mass is 79.9. The number of nitrogens with zero attached hydrogens (tertiary/aromatic N) is 1. The van der Waals surface area contributed by atoms with E-state index in [1.165, 1.54) is 11.3 Å². The second kappa shape index (κ2) is 8.29. The number of ether oxygens (including phenoxy) is 1. The summed E-state index contributed by atoms with van der Waals surface area (Å²) >= 11 is 10.9. The Morgan fingerprint density at radius 3 is 2.76 bits per heavy atom. The summed E-state index contributed by atoms with van der Waals surface area (Å²) in [6, 6.07) is 5.46. The number of hydrogen-bond acceptors (Lipinski definition) is 5. The highest BCUT2D eigenvalue weighted by molar-refractivity contribution is 9.10. The SMILES string of the molecule is CCOC(=O)C(C)(C)NC(=O)Cc1csc(-c2ccc(Cl)cc2Br)n1. The summed E-state index contributed by atoms with van der Waals surface area (Å²) in [5.41, 5.74) is 0.470. The molecule has 0 atom stereocenters. The Morgan fingerprint density at radius 1 is 1.40 bits per heavy atom. The average molecular weight is 446 g/mol. The predicted octanol–water partition coefficient (Wildman–Crippen LogP) is 4.23. The third-order valence-corrected chi connectivity index (χ3v) is 5.11. The Kier molecular flexibility index (Phi) is 6.59. The number of rotatable bonds is 6. The molecule has 1 amide bonds. The summed E-state index contributed by atoms with van der Waals surface area (Å²) < 4.78 is 5.80. The van der Waals surface area contributed by atoms with Crippen molar-refractivity contribution in [2.75, 3.05) is 6.61 Å². The Labute approximate surface area is 163 Å². The van der Waals surface area contributed by atoms with Gasteiger partial charge in [0.1, 0.15) is 10.5 Å². The first-order valence-corrected chi connectivity index (χ1v) is 9.66. The number of hydrogen-bond donors (Lipinski definition) is 1. The lowest BCUT2D eigenvalue weighted by atomic mass is 10.1. The van der Waals surface area contributed by atoms with Crippen molar-refractivity contribution < 1.29 is 14.3 Å². The fourth-order valence-electron chi connectivity index (χ4n) is 2.09. The molecule has 25 heavy (non-hydrogen) atoms. The number of thiazole rings is 1. The Balaban J connectivity index is 2.05. The summed E-state index contributed by atoms with van der Waals surface area (Å²) in [4.78, 5) is 28.5. The molecular formula is C17H18BrClN2O3S. The zero-order chi connectivity index (χ0) is 18.6. The molecule has 0 bridgehead atoms. The van der Waals surface area contributed by atoms with Crippen LogP contribution in [0.3, 0.4) is 0 Å². The lowest BCUT2D eigenvalue weighted by molar-refractivity contribution is -0.151. The van der Waals surface area contributed by atoms with Crippen LogP contribution in [-0.2, 0) is 20.7 Å². The second-order valence-electron chi connectivity index (χ2n) is 5.84. The van der Waals surface area contributed by atoms with Gasteiger partial charge in [-0.2, -0.15) is 0 Å². The molecule has 8 heteroatoms. The quantitative estimate of drug-likeness (QED) is 0.676. The number of esters is 1. The summed E-state index contributed by atoms with van der Waals surface area (Å²) in [6.45, 7) is 5.21. The molecule has 0 radical (unpaired) electrons. The van der Waals surface area contributed by atoms with Gasteiger partial charge in [-0.15, -0.1) is 11.3 Å². The molecule has 0 saturated heterocycles. The minimum atomic E-state index is -1.08. The predicted molar refractivity (Wildman–Crippen MR) is 103 cm³/mol. The number of benzene rings is 1. The van der Waals surface area contributed by atoms with Crippen LogP contribution in [0.25, 0.3) is 10.6 Å². The maximum Gasteiger partial charge on any atom is 0.331 e. The normalized spacial score (nSPS) is 11.2. The molecule has 1 heterocycles. The molecule has 0 saturated carbocycles. The van der Waals surface area contributed by atoms with Crippen LogP contribution in [0.2, 0.25) is 5.02 Å². The van der Waals surface area contributed by atoms with Crippen molar-refractivity contribution in [3.8, 4) is 10.6 Å². The molecule has 2 aromatic rings. The van der Waals surface area contributed by atoms with E-state index in [1.54, 1.807) is 32.9 Å². The van der Waals surface area contributed by atoms with E-state index in [-0.39, 0.29) is 18.9 Å². The monoisotopic (exact) mass is 444 g/mol. The van der Waals surface area contributed by atoms with Crippen LogP contribution in [0, 0.1) is 0 Å². The van der Waals surface area contributed by atoms with Crippen LogP contribution in [0.5, 0.6) is 0 Å². The maximum absolute atomic E-state index is 12.2. The van der Waals surface area contributed by atoms with Gasteiger partial charge >= 0.3 is 5.97 Å². The van der Waals surface area contributed by atoms with Crippen LogP contribution in [0.15, 0.2) is 28.1 Å². The highest BCUT2D eigenvalue weighted by Crippen LogP contribution is 2.32. The number of nitrogens with one attached hydrogen (secondary N) is 1. The van der Waals surface area contributed by atoms with Crippen molar-refractivity contribution in [2.45, 2.75) is 32.7 Å². The molecule has 0 fully saturated rings. The minimum absolute atomic E-state index is 0.0878. The summed E-state index contributed by atoms with van der Waals surface area (Å²) in [5, 5.41) is 5.93. The maximum atomic E-state index is 12.2. The van der Waals surface area contributed by atoms with E-state index in [2.05, 4.69) is 26.2 Å². The Hall–Kier alpha value is -1.44. The molecular weight excluding hydrogens is 428 g/mol. The Morgan fingerprint density at radius 2 is 2.12 bits per heavy atom. The van der Waals surface area contributed by atoms with E-state index in [4.69, 9.17) is 16.3 Å². The van der Waals surface area contributed by atoms with Crippen molar-refractivity contribution in [1.82, 2.24) is 10.3 Å². The van der Waals surface area contributed by atoms with Crippen molar-refractivity contribution in [3.63, 3.8) is 0 Å². The van der Waals surface area contributed by atoms with E-state index in [0.717, 1.165) is 15.0 Å². The topological polar surface area (TPSA) is 68.3 Å². The smallest absolute Gasteiger partial charge is 0.331 e. The number of halogens is 2. The molecule has 1 N–H and O–H groups in total. The van der Waals surface area contributed by atoms with Gasteiger partial charge in [0.05, 0.1) is 18.7 Å². The molecule has 1 aromatic carbocycles. The first kappa shape index (κ1) is 19.9. The van der Waals surface area contributed by atoms with Gasteiger partial charge in [-0.3, -0.25) is 4.79 Å². The van der Waals surface area contributed by atoms with E-state index in [1.807, 2.05) is 11.4 Å². The van der Waals surface area contributed by atoms with Gasteiger partial charge in [0.25, 0.3) is 0 Å². The molecule has 0 aliphatic carbocycles. The zero-order valence-corrected chi connectivity index (χ0v) is 17.2. The number of amides is 1. The minimum Gasteiger partial charge on any atom is -0.464 e. The van der Waals surface area contributed by atoms with Crippen LogP contribution < -0.4 is 5.32 Å². The summed E-state index contributed by atoms with van der Waals surface area (Å²) in [7, 11) is 0. The molecule has 134 valence electrons. The number of aromatic nitrogens is 1. The van der Waals surface area contributed by atoms with Gasteiger partial charge in [-0.25, -0.2) is 9.78 Å². The fraction of sp³-hybridized carbons (Fsp3) is 0.353. The van der Waals surface area contributed by atoms with E-state index in [0.29, 0.717) is 10.7 Å². The summed E-state index contributed by atoms with van der Waals surface area (Å²) in [5.74, 6) is -0.752. The highest BCUT2D eigenvalue weighted by Gasteiger charge is 2.31. The van der Waals surface area contributed by atoms with Crippen molar-refractivity contribution in [3.05, 3.63) is 38.8 Å². The van der Waals surface area contributed by atoms with Crippen LogP contribution in [0.1, 0.15) is 26.5 Å². The van der Waals surface area contributed by atoms with Crippen molar-refractivity contribution in [1.29, 1.82) is 0 Å². The zero-order valence-electron chi connectivity index (χ0n) is 14.1. The van der Waals surface area contributed by atoms with E-state index >= 15 is 0 Å². The third kappa shape index (κ3) is 5.26. The average Bonchev–Trinajstić information content (AvgIpc) is 2.94. The van der Waals surface area contributed by atoms with Gasteiger partial charge in [0.2, 0.25) is 5.91 Å².